The summed E-state index contributed by atoms with van der Waals surface area (Å²) in [6.45, 7) is 3.84. The molecule has 0 spiro atoms. The lowest BCUT2D eigenvalue weighted by molar-refractivity contribution is 0.0971. The summed E-state index contributed by atoms with van der Waals surface area (Å²) in [6, 6.07) is 18.2. The lowest BCUT2D eigenvalue weighted by Gasteiger charge is -2.25. The average molecular weight is 462 g/mol. The van der Waals surface area contributed by atoms with Crippen LogP contribution in [0.25, 0.3) is 11.0 Å². The van der Waals surface area contributed by atoms with Gasteiger partial charge in [-0.2, -0.15) is 0 Å². The second-order valence-corrected chi connectivity index (χ2v) is 9.24. The Kier molecular flexibility index (Phi) is 5.11. The maximum absolute atomic E-state index is 13.7. The van der Waals surface area contributed by atoms with E-state index < -0.39 is 6.04 Å². The van der Waals surface area contributed by atoms with Gasteiger partial charge in [0.1, 0.15) is 5.58 Å². The molecule has 32 heavy (non-hydrogen) atoms. The van der Waals surface area contributed by atoms with Gasteiger partial charge in [-0.25, -0.2) is 0 Å². The third-order valence-corrected chi connectivity index (χ3v) is 7.04. The molecule has 3 aromatic carbocycles. The summed E-state index contributed by atoms with van der Waals surface area (Å²) in [5.41, 5.74) is 3.92. The van der Waals surface area contributed by atoms with Gasteiger partial charge in [-0.05, 0) is 67.6 Å². The van der Waals surface area contributed by atoms with Crippen molar-refractivity contribution in [1.82, 2.24) is 0 Å². The van der Waals surface area contributed by atoms with E-state index in [1.165, 1.54) is 0 Å². The number of benzene rings is 3. The largest absolute Gasteiger partial charge is 0.450 e. The van der Waals surface area contributed by atoms with Crippen LogP contribution >= 0.6 is 23.4 Å². The van der Waals surface area contributed by atoms with E-state index in [4.69, 9.17) is 16.0 Å². The number of hydrogen-bond donors (Lipinski definition) is 0. The van der Waals surface area contributed by atoms with E-state index in [1.807, 2.05) is 68.6 Å². The fourth-order valence-corrected chi connectivity index (χ4v) is 4.77. The third kappa shape index (κ3) is 3.24. The highest BCUT2D eigenvalue weighted by molar-refractivity contribution is 7.98. The van der Waals surface area contributed by atoms with Crippen molar-refractivity contribution in [3.8, 4) is 0 Å². The first kappa shape index (κ1) is 20.9. The highest BCUT2D eigenvalue weighted by Gasteiger charge is 2.43. The lowest BCUT2D eigenvalue weighted by atomic mass is 9.98. The molecule has 1 aromatic heterocycles. The second-order valence-electron chi connectivity index (χ2n) is 7.96. The van der Waals surface area contributed by atoms with Gasteiger partial charge >= 0.3 is 0 Å². The van der Waals surface area contributed by atoms with E-state index in [0.717, 1.165) is 21.6 Å². The zero-order valence-electron chi connectivity index (χ0n) is 17.8. The van der Waals surface area contributed by atoms with Crippen molar-refractivity contribution in [1.29, 1.82) is 0 Å². The van der Waals surface area contributed by atoms with Gasteiger partial charge in [0.25, 0.3) is 5.91 Å². The van der Waals surface area contributed by atoms with Crippen molar-refractivity contribution in [2.45, 2.75) is 24.8 Å². The number of amides is 1. The molecule has 160 valence electrons. The van der Waals surface area contributed by atoms with Gasteiger partial charge in [0.2, 0.25) is 5.76 Å². The van der Waals surface area contributed by atoms with Crippen LogP contribution in [0, 0.1) is 13.8 Å². The first-order valence-corrected chi connectivity index (χ1v) is 11.8. The van der Waals surface area contributed by atoms with Gasteiger partial charge in [0, 0.05) is 15.6 Å². The number of thioether (sulfide) groups is 1. The van der Waals surface area contributed by atoms with Crippen LogP contribution in [0.2, 0.25) is 5.02 Å². The first-order chi connectivity index (χ1) is 15.4. The van der Waals surface area contributed by atoms with Gasteiger partial charge in [-0.1, -0.05) is 41.4 Å². The molecule has 0 fully saturated rings. The van der Waals surface area contributed by atoms with E-state index in [2.05, 4.69) is 0 Å². The Hall–Kier alpha value is -3.02. The highest BCUT2D eigenvalue weighted by atomic mass is 35.5. The topological polar surface area (TPSA) is 50.5 Å². The quantitative estimate of drug-likeness (QED) is 0.325. The number of halogens is 1. The molecule has 0 radical (unpaired) electrons. The number of anilines is 1. The summed E-state index contributed by atoms with van der Waals surface area (Å²) in [4.78, 5) is 30.0. The molecule has 5 rings (SSSR count). The normalized spacial score (nSPS) is 15.4. The van der Waals surface area contributed by atoms with Crippen LogP contribution in [0.4, 0.5) is 5.69 Å². The monoisotopic (exact) mass is 461 g/mol. The molecule has 1 atom stereocenters. The van der Waals surface area contributed by atoms with E-state index in [0.29, 0.717) is 27.2 Å². The molecule has 2 heterocycles. The molecule has 6 heteroatoms. The Balaban J connectivity index is 1.80. The molecule has 1 aliphatic heterocycles. The zero-order chi connectivity index (χ0) is 22.6. The molecule has 0 aliphatic carbocycles. The number of aryl methyl sites for hydroxylation is 2. The van der Waals surface area contributed by atoms with Gasteiger partial charge < -0.3 is 4.42 Å². The van der Waals surface area contributed by atoms with Crippen LogP contribution in [-0.2, 0) is 0 Å². The van der Waals surface area contributed by atoms with Crippen LogP contribution in [-0.4, -0.2) is 12.2 Å². The predicted molar refractivity (Wildman–Crippen MR) is 130 cm³/mol. The SMILES string of the molecule is CSc1ccc(C2c3c(oc4ccc(C)cc4c3=O)C(=O)N2c2ccc(C)c(Cl)c2)cc1. The smallest absolute Gasteiger partial charge is 0.295 e. The van der Waals surface area contributed by atoms with Crippen molar-refractivity contribution < 1.29 is 9.21 Å². The summed E-state index contributed by atoms with van der Waals surface area (Å²) in [5.74, 6) is -0.263. The Morgan fingerprint density at radius 1 is 0.969 bits per heavy atom. The summed E-state index contributed by atoms with van der Waals surface area (Å²) < 4.78 is 6.03. The van der Waals surface area contributed by atoms with E-state index in [9.17, 15) is 9.59 Å². The van der Waals surface area contributed by atoms with Crippen LogP contribution in [0.5, 0.6) is 0 Å². The van der Waals surface area contributed by atoms with Gasteiger partial charge in [-0.15, -0.1) is 11.8 Å². The van der Waals surface area contributed by atoms with Crippen LogP contribution in [0.3, 0.4) is 0 Å². The van der Waals surface area contributed by atoms with E-state index in [-0.39, 0.29) is 17.1 Å². The minimum absolute atomic E-state index is 0.0852. The summed E-state index contributed by atoms with van der Waals surface area (Å²) in [7, 11) is 0. The van der Waals surface area contributed by atoms with Crippen LogP contribution in [0.1, 0.15) is 38.9 Å². The number of carbonyl (C=O) groups excluding carboxylic acids is 1. The standard InChI is InChI=1S/C26H20ClNO3S/c1-14-4-11-21-19(12-14)24(29)22-23(16-6-9-18(32-3)10-7-16)28(26(30)25(22)31-21)17-8-5-15(2)20(27)13-17/h4-13,23H,1-3H3. The lowest BCUT2D eigenvalue weighted by Crippen LogP contribution is -2.29. The molecular formula is C26H20ClNO3S. The fourth-order valence-electron chi connectivity index (χ4n) is 4.19. The summed E-state index contributed by atoms with van der Waals surface area (Å²) >= 11 is 8.03. The molecule has 1 amide bonds. The molecule has 4 nitrogen and oxygen atoms in total. The number of carbonyl (C=O) groups is 1. The molecule has 0 saturated carbocycles. The number of hydrogen-bond acceptors (Lipinski definition) is 4. The number of fused-ring (bicyclic) bond motifs is 2. The van der Waals surface area contributed by atoms with Crippen LogP contribution in [0.15, 0.2) is 74.8 Å². The van der Waals surface area contributed by atoms with Gasteiger partial charge in [-0.3, -0.25) is 14.5 Å². The predicted octanol–water partition coefficient (Wildman–Crippen LogP) is 6.53. The van der Waals surface area contributed by atoms with E-state index in [1.54, 1.807) is 28.8 Å². The molecule has 4 aromatic rings. The Morgan fingerprint density at radius 2 is 1.72 bits per heavy atom. The minimum Gasteiger partial charge on any atom is -0.450 e. The fraction of sp³-hybridized carbons (Fsp3) is 0.154. The molecule has 1 aliphatic rings. The van der Waals surface area contributed by atoms with Crippen molar-refractivity contribution >= 4 is 45.9 Å². The average Bonchev–Trinajstić information content (AvgIpc) is 3.09. The van der Waals surface area contributed by atoms with Crippen molar-refractivity contribution in [2.24, 2.45) is 0 Å². The minimum atomic E-state index is -0.603. The Labute approximate surface area is 194 Å². The Bertz CT molecular complexity index is 1440. The molecule has 0 saturated heterocycles. The molecule has 0 bridgehead atoms. The molecule has 0 N–H and O–H groups in total. The maximum Gasteiger partial charge on any atom is 0.295 e. The van der Waals surface area contributed by atoms with E-state index >= 15 is 0 Å². The third-order valence-electron chi connectivity index (χ3n) is 5.89. The van der Waals surface area contributed by atoms with Crippen molar-refractivity contribution in [3.05, 3.63) is 104 Å². The maximum atomic E-state index is 13.7. The first-order valence-electron chi connectivity index (χ1n) is 10.2. The zero-order valence-corrected chi connectivity index (χ0v) is 19.4. The Morgan fingerprint density at radius 3 is 2.41 bits per heavy atom. The second kappa shape index (κ2) is 7.84. The highest BCUT2D eigenvalue weighted by Crippen LogP contribution is 2.42. The molecule has 1 unspecified atom stereocenters. The van der Waals surface area contributed by atoms with Crippen molar-refractivity contribution in [2.75, 3.05) is 11.2 Å². The summed E-state index contributed by atoms with van der Waals surface area (Å²) in [6.07, 6.45) is 2.01. The van der Waals surface area contributed by atoms with Crippen LogP contribution < -0.4 is 10.3 Å². The van der Waals surface area contributed by atoms with Crippen molar-refractivity contribution in [3.63, 3.8) is 0 Å². The number of nitrogens with zero attached hydrogens (tertiary/aromatic N) is 1. The van der Waals surface area contributed by atoms with Gasteiger partial charge in [0.05, 0.1) is 17.0 Å². The van der Waals surface area contributed by atoms with Gasteiger partial charge in [0.15, 0.2) is 5.43 Å². The molecular weight excluding hydrogens is 442 g/mol. The summed E-state index contributed by atoms with van der Waals surface area (Å²) in [5, 5.41) is 1.04. The number of rotatable bonds is 3.